The number of aromatic nitrogens is 6. The van der Waals surface area contributed by atoms with Crippen molar-refractivity contribution in [1.29, 1.82) is 0 Å². The first kappa shape index (κ1) is 27.8. The molecule has 0 spiro atoms. The maximum Gasteiger partial charge on any atom is 0.159 e. The third-order valence-electron chi connectivity index (χ3n) is 7.33. The fourth-order valence-corrected chi connectivity index (χ4v) is 5.28. The van der Waals surface area contributed by atoms with Gasteiger partial charge in [-0.1, -0.05) is 55.4 Å². The molecular weight excluding hydrogens is 444 g/mol. The number of rotatable bonds is 4. The monoisotopic (exact) mass is 490 g/mol. The van der Waals surface area contributed by atoms with E-state index >= 15 is 0 Å². The molecule has 196 valence electrons. The van der Waals surface area contributed by atoms with Gasteiger partial charge in [0.1, 0.15) is 0 Å². The zero-order valence-corrected chi connectivity index (χ0v) is 25.0. The molecule has 0 N–H and O–H groups in total. The summed E-state index contributed by atoms with van der Waals surface area (Å²) in [6.45, 7) is 30.3. The van der Waals surface area contributed by atoms with Crippen molar-refractivity contribution in [1.82, 2.24) is 29.2 Å². The van der Waals surface area contributed by atoms with E-state index < -0.39 is 0 Å². The van der Waals surface area contributed by atoms with Crippen LogP contribution < -0.4 is 0 Å². The average molecular weight is 491 g/mol. The largest absolute Gasteiger partial charge is 0.233 e. The van der Waals surface area contributed by atoms with Crippen molar-refractivity contribution in [3.8, 4) is 0 Å². The lowest BCUT2D eigenvalue weighted by Crippen LogP contribution is -2.09. The maximum atomic E-state index is 4.88. The molecule has 0 radical (unpaired) electrons. The zero-order chi connectivity index (χ0) is 27.2. The first-order chi connectivity index (χ1) is 16.7. The van der Waals surface area contributed by atoms with Crippen molar-refractivity contribution < 1.29 is 0 Å². The number of hydrogen-bond acceptors (Lipinski definition) is 4. The fraction of sp³-hybridized carbons (Fsp3) is 0.600. The first-order valence-corrected chi connectivity index (χ1v) is 13.4. The van der Waals surface area contributed by atoms with Crippen molar-refractivity contribution in [3.63, 3.8) is 0 Å². The molecule has 0 amide bonds. The van der Waals surface area contributed by atoms with E-state index in [9.17, 15) is 0 Å². The Morgan fingerprint density at radius 1 is 0.500 bits per heavy atom. The number of aryl methyl sites for hydroxylation is 4. The van der Waals surface area contributed by atoms with E-state index in [0.717, 1.165) is 22.7 Å². The van der Waals surface area contributed by atoms with E-state index in [1.165, 1.54) is 45.0 Å². The van der Waals surface area contributed by atoms with Crippen molar-refractivity contribution >= 4 is 11.3 Å². The highest BCUT2D eigenvalue weighted by Crippen LogP contribution is 2.28. The molecule has 6 heteroatoms. The Bertz CT molecular complexity index is 1290. The smallest absolute Gasteiger partial charge is 0.159 e. The average Bonchev–Trinajstić information content (AvgIpc) is 3.29. The third kappa shape index (κ3) is 4.79. The summed E-state index contributed by atoms with van der Waals surface area (Å²) in [5, 5.41) is 9.48. The summed E-state index contributed by atoms with van der Waals surface area (Å²) >= 11 is 0. The fourth-order valence-electron chi connectivity index (χ4n) is 5.28. The first-order valence-electron chi connectivity index (χ1n) is 13.4. The molecule has 0 bridgehead atoms. The number of nitrogens with zero attached hydrogens (tertiary/aromatic N) is 6. The summed E-state index contributed by atoms with van der Waals surface area (Å²) in [6.07, 6.45) is 0. The summed E-state index contributed by atoms with van der Waals surface area (Å²) in [6, 6.07) is 0. The van der Waals surface area contributed by atoms with Gasteiger partial charge < -0.3 is 0 Å². The molecule has 0 aromatic carbocycles. The van der Waals surface area contributed by atoms with Crippen molar-refractivity contribution in [2.24, 2.45) is 0 Å². The molecule has 0 saturated carbocycles. The van der Waals surface area contributed by atoms with Crippen LogP contribution in [0.15, 0.2) is 0 Å². The molecule has 0 aliphatic carbocycles. The minimum Gasteiger partial charge on any atom is -0.233 e. The summed E-state index contributed by atoms with van der Waals surface area (Å²) in [5.41, 5.74) is 14.1. The molecule has 4 rings (SSSR count). The van der Waals surface area contributed by atoms with E-state index in [-0.39, 0.29) is 0 Å². The van der Waals surface area contributed by atoms with Gasteiger partial charge in [-0.3, -0.25) is 0 Å². The summed E-state index contributed by atoms with van der Waals surface area (Å²) in [4.78, 5) is 9.57. The Balaban J connectivity index is 0.000000201. The third-order valence-corrected chi connectivity index (χ3v) is 7.33. The highest BCUT2D eigenvalue weighted by atomic mass is 15.3. The quantitative estimate of drug-likeness (QED) is 0.293. The SMILES string of the molecule is Cc1nc2c(C)c(C)c(C(C)C)nn2c1C(C)C.Cc1nn2c(C)c(C)c(C(C)C)nc2c1C(C)C. The van der Waals surface area contributed by atoms with Crippen LogP contribution >= 0.6 is 0 Å². The topological polar surface area (TPSA) is 60.4 Å². The van der Waals surface area contributed by atoms with E-state index in [1.807, 2.05) is 4.52 Å². The van der Waals surface area contributed by atoms with Crippen LogP contribution in [0.2, 0.25) is 0 Å². The minimum atomic E-state index is 0.439. The van der Waals surface area contributed by atoms with Crippen LogP contribution in [-0.4, -0.2) is 29.2 Å². The van der Waals surface area contributed by atoms with Gasteiger partial charge in [0.15, 0.2) is 11.3 Å². The molecule has 0 saturated heterocycles. The summed E-state index contributed by atoms with van der Waals surface area (Å²) < 4.78 is 4.06. The van der Waals surface area contributed by atoms with Gasteiger partial charge in [0.2, 0.25) is 0 Å². The lowest BCUT2D eigenvalue weighted by Gasteiger charge is -2.14. The molecule has 6 nitrogen and oxygen atoms in total. The van der Waals surface area contributed by atoms with Gasteiger partial charge >= 0.3 is 0 Å². The Hall–Kier alpha value is -2.76. The molecule has 4 aromatic rings. The Morgan fingerprint density at radius 3 is 1.58 bits per heavy atom. The van der Waals surface area contributed by atoms with Crippen LogP contribution in [0.4, 0.5) is 0 Å². The van der Waals surface area contributed by atoms with Crippen LogP contribution in [0.3, 0.4) is 0 Å². The standard InChI is InChI=1S/2C15H23N3/c1-8(2)13-11(6)17-18-12(7)10(5)14(9(3)4)16-15(13)18;1-8(2)13-10(5)11(6)15-16-12(7)14(9(3)4)18(15)17-13/h2*8-9H,1-7H3. The second-order valence-corrected chi connectivity index (χ2v) is 11.5. The van der Waals surface area contributed by atoms with Crippen LogP contribution in [0.1, 0.15) is 135 Å². The molecule has 0 aliphatic rings. The predicted octanol–water partition coefficient (Wildman–Crippen LogP) is 7.80. The molecule has 4 heterocycles. The van der Waals surface area contributed by atoms with E-state index in [0.29, 0.717) is 23.7 Å². The molecule has 0 fully saturated rings. The van der Waals surface area contributed by atoms with Crippen molar-refractivity contribution in [2.45, 2.75) is 121 Å². The highest BCUT2D eigenvalue weighted by molar-refractivity contribution is 5.55. The van der Waals surface area contributed by atoms with Crippen molar-refractivity contribution in [3.05, 3.63) is 56.4 Å². The lowest BCUT2D eigenvalue weighted by molar-refractivity contribution is 0.701. The van der Waals surface area contributed by atoms with Gasteiger partial charge in [0.25, 0.3) is 0 Å². The van der Waals surface area contributed by atoms with Gasteiger partial charge in [-0.05, 0) is 81.9 Å². The number of fused-ring (bicyclic) bond motifs is 2. The van der Waals surface area contributed by atoms with Crippen LogP contribution in [0.5, 0.6) is 0 Å². The lowest BCUT2D eigenvalue weighted by atomic mass is 10.0. The van der Waals surface area contributed by atoms with Crippen molar-refractivity contribution in [2.75, 3.05) is 0 Å². The zero-order valence-electron chi connectivity index (χ0n) is 25.0. The van der Waals surface area contributed by atoms with E-state index in [4.69, 9.17) is 15.1 Å². The molecule has 0 unspecified atom stereocenters. The number of imidazole rings is 1. The highest BCUT2D eigenvalue weighted by Gasteiger charge is 2.20. The van der Waals surface area contributed by atoms with Gasteiger partial charge in [-0.25, -0.2) is 19.0 Å². The minimum absolute atomic E-state index is 0.439. The summed E-state index contributed by atoms with van der Waals surface area (Å²) in [5.74, 6) is 1.78. The Labute approximate surface area is 217 Å². The van der Waals surface area contributed by atoms with Gasteiger partial charge in [0.05, 0.1) is 28.5 Å². The number of hydrogen-bond donors (Lipinski definition) is 0. The maximum absolute atomic E-state index is 4.88. The van der Waals surface area contributed by atoms with Crippen LogP contribution in [0.25, 0.3) is 11.3 Å². The molecular formula is C30H46N6. The molecule has 0 atom stereocenters. The second kappa shape index (κ2) is 10.3. The van der Waals surface area contributed by atoms with Gasteiger partial charge in [-0.2, -0.15) is 10.2 Å². The normalized spacial score (nSPS) is 12.1. The summed E-state index contributed by atoms with van der Waals surface area (Å²) in [7, 11) is 0. The Morgan fingerprint density at radius 2 is 1.08 bits per heavy atom. The molecule has 36 heavy (non-hydrogen) atoms. The second-order valence-electron chi connectivity index (χ2n) is 11.5. The predicted molar refractivity (Wildman–Crippen MR) is 151 cm³/mol. The van der Waals surface area contributed by atoms with Crippen LogP contribution in [0, 0.1) is 41.5 Å². The van der Waals surface area contributed by atoms with Gasteiger partial charge in [-0.15, -0.1) is 0 Å². The van der Waals surface area contributed by atoms with Crippen LogP contribution in [-0.2, 0) is 0 Å². The van der Waals surface area contributed by atoms with Gasteiger partial charge in [0, 0.05) is 11.3 Å². The molecule has 0 aliphatic heterocycles. The molecule has 4 aromatic heterocycles. The van der Waals surface area contributed by atoms with E-state index in [1.54, 1.807) is 0 Å². The van der Waals surface area contributed by atoms with E-state index in [2.05, 4.69) is 107 Å². The Kier molecular flexibility index (Phi) is 7.97.